The highest BCUT2D eigenvalue weighted by Gasteiger charge is 1.67. The van der Waals surface area contributed by atoms with Crippen LogP contribution < -0.4 is 0 Å². The molecule has 0 aromatic rings. The fraction of sp³-hybridized carbons (Fsp3) is 0.0625. The van der Waals surface area contributed by atoms with Gasteiger partial charge in [-0.1, -0.05) is 5.92 Å². The van der Waals surface area contributed by atoms with Crippen LogP contribution in [0.25, 0.3) is 0 Å². The molecule has 0 aromatic carbocycles. The molecule has 1 N–H and O–H groups in total. The Morgan fingerprint density at radius 1 is 0.333 bits per heavy atom. The standard InChI is InChI=1S/C32H6O/c1-2-3-4-5-6-7-8-9-10-11-12-13-14-15-16-17-18-19-20-21-22-23-24-25-26-27-28-29-30-31-32-33/h1,33H,31-32H2. The van der Waals surface area contributed by atoms with E-state index >= 15 is 0 Å². The van der Waals surface area contributed by atoms with Crippen molar-refractivity contribution in [2.45, 2.75) is 6.42 Å². The Kier molecular flexibility index (Phi) is 20.3. The van der Waals surface area contributed by atoms with Crippen molar-refractivity contribution in [3.8, 4) is 178 Å². The number of rotatable bonds is 1. The van der Waals surface area contributed by atoms with Crippen molar-refractivity contribution in [3.05, 3.63) is 0 Å². The Balaban J connectivity index is 4.45. The van der Waals surface area contributed by atoms with E-state index in [1.165, 1.54) is 0 Å². The van der Waals surface area contributed by atoms with E-state index in [2.05, 4.69) is 172 Å². The zero-order valence-corrected chi connectivity index (χ0v) is 16.9. The van der Waals surface area contributed by atoms with Crippen LogP contribution in [0.3, 0.4) is 0 Å². The lowest BCUT2D eigenvalue weighted by Crippen LogP contribution is -1.74. The summed E-state index contributed by atoms with van der Waals surface area (Å²) in [5.74, 6) is 71.7. The topological polar surface area (TPSA) is 20.2 Å². The van der Waals surface area contributed by atoms with Crippen LogP contribution in [-0.2, 0) is 0 Å². The maximum atomic E-state index is 8.51. The third-order valence-electron chi connectivity index (χ3n) is 2.02. The van der Waals surface area contributed by atoms with Crippen molar-refractivity contribution in [1.29, 1.82) is 0 Å². The molecule has 0 aliphatic heterocycles. The van der Waals surface area contributed by atoms with E-state index in [0.29, 0.717) is 6.42 Å². The highest BCUT2D eigenvalue weighted by Crippen LogP contribution is 1.67. The Morgan fingerprint density at radius 2 is 0.545 bits per heavy atom. The molecule has 0 heterocycles. The van der Waals surface area contributed by atoms with Crippen molar-refractivity contribution in [2.75, 3.05) is 6.61 Å². The van der Waals surface area contributed by atoms with Gasteiger partial charge in [-0.05, 0) is 94.7 Å². The fourth-order valence-corrected chi connectivity index (χ4v) is 0.980. The lowest BCUT2D eigenvalue weighted by atomic mass is 10.4. The van der Waals surface area contributed by atoms with E-state index in [4.69, 9.17) is 11.5 Å². The van der Waals surface area contributed by atoms with Crippen LogP contribution in [0.15, 0.2) is 0 Å². The molecule has 0 radical (unpaired) electrons. The van der Waals surface area contributed by atoms with Crippen molar-refractivity contribution in [3.63, 3.8) is 0 Å². The fourth-order valence-electron chi connectivity index (χ4n) is 0.980. The lowest BCUT2D eigenvalue weighted by molar-refractivity contribution is 0.305. The van der Waals surface area contributed by atoms with Crippen LogP contribution in [0.2, 0.25) is 0 Å². The molecule has 0 aliphatic carbocycles. The van der Waals surface area contributed by atoms with Gasteiger partial charge in [0.15, 0.2) is 0 Å². The van der Waals surface area contributed by atoms with Gasteiger partial charge in [0.2, 0.25) is 0 Å². The second-order valence-electron chi connectivity index (χ2n) is 4.17. The van der Waals surface area contributed by atoms with Crippen LogP contribution in [0.5, 0.6) is 0 Å². The number of aliphatic hydroxyl groups excluding tert-OH is 1. The van der Waals surface area contributed by atoms with Gasteiger partial charge in [-0.2, -0.15) is 0 Å². The average molecular weight is 406 g/mol. The molecule has 0 saturated heterocycles. The molecule has 33 heavy (non-hydrogen) atoms. The van der Waals surface area contributed by atoms with Crippen molar-refractivity contribution in [2.24, 2.45) is 0 Å². The second-order valence-corrected chi connectivity index (χ2v) is 4.17. The number of aliphatic hydroxyl groups is 1. The minimum Gasteiger partial charge on any atom is -0.395 e. The van der Waals surface area contributed by atoms with Gasteiger partial charge in [0.05, 0.1) is 6.61 Å². The molecule has 140 valence electrons. The SMILES string of the molecule is C#CC#CC#CC#CC#CC#CC#CC#CC#CC#CC#CC#CC#CC#CC#CCCO. The second kappa shape index (κ2) is 25.4. The van der Waals surface area contributed by atoms with Gasteiger partial charge in [0.25, 0.3) is 0 Å². The first-order valence-corrected chi connectivity index (χ1v) is 8.46. The minimum absolute atomic E-state index is 0.00937. The first kappa shape index (κ1) is 26.4. The van der Waals surface area contributed by atoms with Crippen LogP contribution in [-0.4, -0.2) is 11.7 Å². The first-order valence-electron chi connectivity index (χ1n) is 8.46. The van der Waals surface area contributed by atoms with E-state index < -0.39 is 0 Å². The largest absolute Gasteiger partial charge is 0.395 e. The molecular formula is C32H6O. The summed E-state index contributed by atoms with van der Waals surface area (Å²) in [5, 5.41) is 8.51. The van der Waals surface area contributed by atoms with Gasteiger partial charge < -0.3 is 5.11 Å². The molecule has 0 aliphatic rings. The Morgan fingerprint density at radius 3 is 0.758 bits per heavy atom. The molecule has 0 bridgehead atoms. The number of hydrogen-bond donors (Lipinski definition) is 1. The predicted molar refractivity (Wildman–Crippen MR) is 129 cm³/mol. The predicted octanol–water partition coefficient (Wildman–Crippen LogP) is 0.0496. The van der Waals surface area contributed by atoms with Crippen molar-refractivity contribution in [1.82, 2.24) is 0 Å². The third-order valence-corrected chi connectivity index (χ3v) is 2.02. The average Bonchev–Trinajstić information content (AvgIpc) is 2.83. The zero-order valence-electron chi connectivity index (χ0n) is 16.9. The molecule has 0 fully saturated rings. The van der Waals surface area contributed by atoms with Crippen LogP contribution in [0.4, 0.5) is 0 Å². The summed E-state index contributed by atoms with van der Waals surface area (Å²) in [6.45, 7) is 0.00937. The molecule has 1 nitrogen and oxygen atoms in total. The highest BCUT2D eigenvalue weighted by molar-refractivity contribution is 5.48. The van der Waals surface area contributed by atoms with Gasteiger partial charge in [-0.15, -0.1) is 6.42 Å². The van der Waals surface area contributed by atoms with E-state index in [-0.39, 0.29) is 6.61 Å². The lowest BCUT2D eigenvalue weighted by Gasteiger charge is -1.72. The molecule has 0 saturated carbocycles. The summed E-state index contributed by atoms with van der Waals surface area (Å²) in [6, 6.07) is 0. The summed E-state index contributed by atoms with van der Waals surface area (Å²) in [4.78, 5) is 0. The molecule has 1 heteroatoms. The van der Waals surface area contributed by atoms with Gasteiger partial charge in [0.1, 0.15) is 0 Å². The smallest absolute Gasteiger partial charge is 0.0540 e. The van der Waals surface area contributed by atoms with E-state index in [1.807, 2.05) is 0 Å². The summed E-state index contributed by atoms with van der Waals surface area (Å²) in [7, 11) is 0. The first-order chi connectivity index (χ1) is 16.4. The highest BCUT2D eigenvalue weighted by atomic mass is 16.2. The summed E-state index contributed by atoms with van der Waals surface area (Å²) in [5.41, 5.74) is 0. The third kappa shape index (κ3) is 25.4. The Labute approximate surface area is 196 Å². The Hall–Kier alpha value is -6.64. The number of terminal acetylenes is 1. The van der Waals surface area contributed by atoms with E-state index in [0.717, 1.165) is 0 Å². The van der Waals surface area contributed by atoms with Gasteiger partial charge in [-0.25, -0.2) is 0 Å². The van der Waals surface area contributed by atoms with Gasteiger partial charge >= 0.3 is 0 Å². The normalized spacial score (nSPS) is 4.36. The van der Waals surface area contributed by atoms with Crippen LogP contribution in [0, 0.1) is 178 Å². The van der Waals surface area contributed by atoms with E-state index in [1.54, 1.807) is 0 Å². The number of hydrogen-bond acceptors (Lipinski definition) is 1. The molecule has 0 spiro atoms. The molecule has 0 unspecified atom stereocenters. The monoisotopic (exact) mass is 406 g/mol. The molecule has 0 atom stereocenters. The zero-order chi connectivity index (χ0) is 23.9. The summed E-state index contributed by atoms with van der Waals surface area (Å²) >= 11 is 0. The van der Waals surface area contributed by atoms with E-state index in [9.17, 15) is 0 Å². The maximum Gasteiger partial charge on any atom is 0.0540 e. The molecular weight excluding hydrogens is 400 g/mol. The summed E-state index contributed by atoms with van der Waals surface area (Å²) < 4.78 is 0. The molecule has 0 rings (SSSR count). The van der Waals surface area contributed by atoms with Crippen LogP contribution >= 0.6 is 0 Å². The Bertz CT molecular complexity index is 1690. The van der Waals surface area contributed by atoms with Gasteiger partial charge in [-0.3, -0.25) is 0 Å². The quantitative estimate of drug-likeness (QED) is 0.611. The molecule has 0 amide bonds. The summed E-state index contributed by atoms with van der Waals surface area (Å²) in [6.07, 6.45) is 5.31. The van der Waals surface area contributed by atoms with Crippen molar-refractivity contribution < 1.29 is 5.11 Å². The molecule has 0 aromatic heterocycles. The van der Waals surface area contributed by atoms with Crippen molar-refractivity contribution >= 4 is 0 Å². The minimum atomic E-state index is 0.00937. The van der Waals surface area contributed by atoms with Crippen LogP contribution in [0.1, 0.15) is 6.42 Å². The maximum absolute atomic E-state index is 8.51. The van der Waals surface area contributed by atoms with Gasteiger partial charge in [0, 0.05) is 77.5 Å².